The first-order valence-electron chi connectivity index (χ1n) is 7.49. The van der Waals surface area contributed by atoms with Gasteiger partial charge in [-0.3, -0.25) is 0 Å². The summed E-state index contributed by atoms with van der Waals surface area (Å²) < 4.78 is 0. The lowest BCUT2D eigenvalue weighted by Crippen LogP contribution is -2.45. The van der Waals surface area contributed by atoms with Gasteiger partial charge in [0.05, 0.1) is 0 Å². The van der Waals surface area contributed by atoms with Gasteiger partial charge in [-0.15, -0.1) is 11.6 Å². The number of piperidine rings is 1. The molecule has 1 saturated heterocycles. The van der Waals surface area contributed by atoms with Crippen LogP contribution in [0.3, 0.4) is 0 Å². The summed E-state index contributed by atoms with van der Waals surface area (Å²) in [6, 6.07) is 4.90. The maximum atomic E-state index is 6.04. The van der Waals surface area contributed by atoms with Gasteiger partial charge in [0.15, 0.2) is 0 Å². The van der Waals surface area contributed by atoms with Crippen molar-refractivity contribution < 1.29 is 0 Å². The van der Waals surface area contributed by atoms with Gasteiger partial charge in [0.25, 0.3) is 0 Å². The molecule has 0 bridgehead atoms. The van der Waals surface area contributed by atoms with Gasteiger partial charge < -0.3 is 9.80 Å². The van der Waals surface area contributed by atoms with E-state index in [1.807, 2.05) is 0 Å². The normalized spacial score (nSPS) is 19.9. The van der Waals surface area contributed by atoms with Crippen LogP contribution in [0.25, 0.3) is 0 Å². The van der Waals surface area contributed by atoms with Crippen molar-refractivity contribution in [1.82, 2.24) is 9.88 Å². The molecule has 4 heteroatoms. The summed E-state index contributed by atoms with van der Waals surface area (Å²) in [6.45, 7) is 6.52. The van der Waals surface area contributed by atoms with Gasteiger partial charge in [-0.25, -0.2) is 4.98 Å². The summed E-state index contributed by atoms with van der Waals surface area (Å²) in [5.41, 5.74) is 2.32. The van der Waals surface area contributed by atoms with E-state index in [2.05, 4.69) is 49.9 Å². The van der Waals surface area contributed by atoms with E-state index >= 15 is 0 Å². The van der Waals surface area contributed by atoms with Crippen molar-refractivity contribution in [1.29, 1.82) is 0 Å². The largest absolute Gasteiger partial charge is 0.355 e. The molecular weight excluding hydrogens is 270 g/mol. The number of pyridine rings is 1. The van der Waals surface area contributed by atoms with Crippen molar-refractivity contribution in [2.24, 2.45) is 0 Å². The van der Waals surface area contributed by atoms with Gasteiger partial charge >= 0.3 is 0 Å². The Bertz CT molecular complexity index is 445. The van der Waals surface area contributed by atoms with Crippen LogP contribution in [-0.4, -0.2) is 43.1 Å². The lowest BCUT2D eigenvalue weighted by molar-refractivity contribution is 0.257. The third-order valence-corrected chi connectivity index (χ3v) is 4.40. The number of nitrogens with zero attached hydrogens (tertiary/aromatic N) is 3. The highest BCUT2D eigenvalue weighted by molar-refractivity contribution is 6.17. The molecular formula is C16H26ClN3. The first-order chi connectivity index (χ1) is 9.51. The molecule has 0 aromatic carbocycles. The molecule has 2 heterocycles. The van der Waals surface area contributed by atoms with Crippen molar-refractivity contribution in [2.75, 3.05) is 32.1 Å². The van der Waals surface area contributed by atoms with Crippen LogP contribution < -0.4 is 4.90 Å². The zero-order valence-electron chi connectivity index (χ0n) is 13.1. The molecule has 112 valence electrons. The number of likely N-dealkylation sites (N-methyl/N-ethyl adjacent to an activating group) is 1. The smallest absolute Gasteiger partial charge is 0.129 e. The minimum Gasteiger partial charge on any atom is -0.355 e. The van der Waals surface area contributed by atoms with Gasteiger partial charge in [0, 0.05) is 30.7 Å². The highest BCUT2D eigenvalue weighted by Gasteiger charge is 2.23. The minimum atomic E-state index is 0.436. The molecule has 0 N–H and O–H groups in total. The summed E-state index contributed by atoms with van der Waals surface area (Å²) in [7, 11) is 4.33. The fraction of sp³-hybridized carbons (Fsp3) is 0.688. The molecule has 2 rings (SSSR count). The Morgan fingerprint density at radius 3 is 2.75 bits per heavy atom. The van der Waals surface area contributed by atoms with Crippen LogP contribution in [0.2, 0.25) is 0 Å². The van der Waals surface area contributed by atoms with E-state index in [9.17, 15) is 0 Å². The molecule has 1 fully saturated rings. The average molecular weight is 296 g/mol. The standard InChI is InChI=1S/C16H26ClN3/c1-12(2)15-8-13(10-17)9-16(18-15)20-7-5-6-14(11-20)19(3)4/h8-9,12,14H,5-7,10-11H2,1-4H3. The molecule has 1 aromatic rings. The van der Waals surface area contributed by atoms with Gasteiger partial charge in [-0.05, 0) is 50.6 Å². The van der Waals surface area contributed by atoms with Crippen molar-refractivity contribution in [3.63, 3.8) is 0 Å². The zero-order chi connectivity index (χ0) is 14.7. The van der Waals surface area contributed by atoms with Crippen LogP contribution in [0, 0.1) is 0 Å². The summed E-state index contributed by atoms with van der Waals surface area (Å²) in [5, 5.41) is 0. The van der Waals surface area contributed by atoms with Gasteiger partial charge in [0.2, 0.25) is 0 Å². The molecule has 0 spiro atoms. The quantitative estimate of drug-likeness (QED) is 0.793. The number of anilines is 1. The second kappa shape index (κ2) is 6.77. The monoisotopic (exact) mass is 295 g/mol. The Morgan fingerprint density at radius 1 is 1.40 bits per heavy atom. The maximum absolute atomic E-state index is 6.04. The van der Waals surface area contributed by atoms with E-state index in [0.717, 1.165) is 24.6 Å². The van der Waals surface area contributed by atoms with E-state index in [1.165, 1.54) is 18.4 Å². The van der Waals surface area contributed by atoms with Crippen LogP contribution in [-0.2, 0) is 5.88 Å². The van der Waals surface area contributed by atoms with E-state index in [1.54, 1.807) is 0 Å². The predicted molar refractivity (Wildman–Crippen MR) is 86.8 cm³/mol. The van der Waals surface area contributed by atoms with Gasteiger partial charge in [0.1, 0.15) is 5.82 Å². The Labute approximate surface area is 127 Å². The van der Waals surface area contributed by atoms with E-state index in [-0.39, 0.29) is 0 Å². The van der Waals surface area contributed by atoms with E-state index < -0.39 is 0 Å². The van der Waals surface area contributed by atoms with Crippen LogP contribution in [0.15, 0.2) is 12.1 Å². The topological polar surface area (TPSA) is 19.4 Å². The van der Waals surface area contributed by atoms with Crippen LogP contribution >= 0.6 is 11.6 Å². The van der Waals surface area contributed by atoms with Crippen molar-refractivity contribution in [2.45, 2.75) is 44.5 Å². The minimum absolute atomic E-state index is 0.436. The van der Waals surface area contributed by atoms with Crippen LogP contribution in [0.5, 0.6) is 0 Å². The van der Waals surface area contributed by atoms with E-state index in [4.69, 9.17) is 16.6 Å². The van der Waals surface area contributed by atoms with Gasteiger partial charge in [-0.2, -0.15) is 0 Å². The SMILES string of the molecule is CC(C)c1cc(CCl)cc(N2CCCC(N(C)C)C2)n1. The van der Waals surface area contributed by atoms with Crippen molar-refractivity contribution in [3.8, 4) is 0 Å². The molecule has 20 heavy (non-hydrogen) atoms. The average Bonchev–Trinajstić information content (AvgIpc) is 2.46. The molecule has 3 nitrogen and oxygen atoms in total. The molecule has 0 aliphatic carbocycles. The highest BCUT2D eigenvalue weighted by Crippen LogP contribution is 2.24. The second-order valence-electron chi connectivity index (χ2n) is 6.25. The molecule has 1 aromatic heterocycles. The molecule has 1 atom stereocenters. The van der Waals surface area contributed by atoms with Crippen LogP contribution in [0.4, 0.5) is 5.82 Å². The molecule has 0 amide bonds. The van der Waals surface area contributed by atoms with E-state index in [0.29, 0.717) is 17.8 Å². The Morgan fingerprint density at radius 2 is 2.15 bits per heavy atom. The first kappa shape index (κ1) is 15.6. The van der Waals surface area contributed by atoms with Crippen molar-refractivity contribution in [3.05, 3.63) is 23.4 Å². The number of hydrogen-bond donors (Lipinski definition) is 0. The van der Waals surface area contributed by atoms with Crippen molar-refractivity contribution >= 4 is 17.4 Å². The molecule has 1 aliphatic heterocycles. The number of rotatable bonds is 4. The second-order valence-corrected chi connectivity index (χ2v) is 6.52. The first-order valence-corrected chi connectivity index (χ1v) is 8.03. The third-order valence-electron chi connectivity index (χ3n) is 4.09. The van der Waals surface area contributed by atoms with Crippen LogP contribution in [0.1, 0.15) is 43.9 Å². The molecule has 0 saturated carbocycles. The summed E-state index contributed by atoms with van der Waals surface area (Å²) in [5.74, 6) is 2.09. The Hall–Kier alpha value is -0.800. The maximum Gasteiger partial charge on any atom is 0.129 e. The highest BCUT2D eigenvalue weighted by atomic mass is 35.5. The summed E-state index contributed by atoms with van der Waals surface area (Å²) >= 11 is 6.04. The summed E-state index contributed by atoms with van der Waals surface area (Å²) in [6.07, 6.45) is 2.50. The molecule has 1 unspecified atom stereocenters. The Balaban J connectivity index is 2.24. The molecule has 1 aliphatic rings. The summed E-state index contributed by atoms with van der Waals surface area (Å²) in [4.78, 5) is 9.58. The lowest BCUT2D eigenvalue weighted by atomic mass is 10.0. The van der Waals surface area contributed by atoms with Gasteiger partial charge in [-0.1, -0.05) is 13.8 Å². The zero-order valence-corrected chi connectivity index (χ0v) is 13.8. The lowest BCUT2D eigenvalue weighted by Gasteiger charge is -2.37. The molecule has 0 radical (unpaired) electrons. The fourth-order valence-corrected chi connectivity index (χ4v) is 2.87. The fourth-order valence-electron chi connectivity index (χ4n) is 2.71. The predicted octanol–water partition coefficient (Wildman–Crippen LogP) is 3.47. The Kier molecular flexibility index (Phi) is 5.28. The third kappa shape index (κ3) is 3.64. The number of alkyl halides is 1. The number of hydrogen-bond acceptors (Lipinski definition) is 3. The number of aromatic nitrogens is 1. The number of halogens is 1.